The molecule has 0 unspecified atom stereocenters. The Balaban J connectivity index is 1.16. The van der Waals surface area contributed by atoms with E-state index in [9.17, 15) is 14.4 Å². The quantitative estimate of drug-likeness (QED) is 0.190. The van der Waals surface area contributed by atoms with Crippen molar-refractivity contribution < 1.29 is 14.4 Å². The van der Waals surface area contributed by atoms with E-state index in [4.69, 9.17) is 11.6 Å². The van der Waals surface area contributed by atoms with Gasteiger partial charge in [0, 0.05) is 38.7 Å². The van der Waals surface area contributed by atoms with Gasteiger partial charge in [-0.05, 0) is 66.5 Å². The van der Waals surface area contributed by atoms with Gasteiger partial charge < -0.3 is 21.3 Å². The average Bonchev–Trinajstić information content (AvgIpc) is 3.45. The third-order valence-corrected chi connectivity index (χ3v) is 9.33. The zero-order valence-corrected chi connectivity index (χ0v) is 24.8. The molecule has 7 nitrogen and oxygen atoms in total. The SMILES string of the molecule is O=C(Cc1cccc2ccccc12)NCCNC(=O)C1(NC(=O)c2cscc2Sc2ccc(Cl)cc2)CCNCC1. The van der Waals surface area contributed by atoms with Crippen molar-refractivity contribution in [2.75, 3.05) is 26.2 Å². The number of amides is 3. The van der Waals surface area contributed by atoms with Crippen LogP contribution in [-0.4, -0.2) is 49.4 Å². The highest BCUT2D eigenvalue weighted by atomic mass is 35.5. The third kappa shape index (κ3) is 7.29. The van der Waals surface area contributed by atoms with Crippen LogP contribution in [0.5, 0.6) is 0 Å². The Morgan fingerprint density at radius 3 is 2.44 bits per heavy atom. The van der Waals surface area contributed by atoms with Crippen LogP contribution in [0.1, 0.15) is 28.8 Å². The fourth-order valence-electron chi connectivity index (χ4n) is 4.94. The number of thiophene rings is 1. The van der Waals surface area contributed by atoms with Crippen molar-refractivity contribution in [3.8, 4) is 0 Å². The number of halogens is 1. The van der Waals surface area contributed by atoms with Crippen LogP contribution in [0.2, 0.25) is 5.02 Å². The van der Waals surface area contributed by atoms with E-state index in [0.717, 1.165) is 26.1 Å². The molecular formula is C31H31ClN4O3S2. The van der Waals surface area contributed by atoms with Crippen molar-refractivity contribution in [1.82, 2.24) is 21.3 Å². The summed E-state index contributed by atoms with van der Waals surface area (Å²) in [6, 6.07) is 21.4. The number of nitrogens with one attached hydrogen (secondary N) is 4. The van der Waals surface area contributed by atoms with Gasteiger partial charge in [0.05, 0.1) is 12.0 Å². The van der Waals surface area contributed by atoms with Crippen LogP contribution in [0.4, 0.5) is 0 Å². The number of carbonyl (C=O) groups excluding carboxylic acids is 3. The van der Waals surface area contributed by atoms with Gasteiger partial charge in [-0.15, -0.1) is 0 Å². The van der Waals surface area contributed by atoms with E-state index in [1.807, 2.05) is 77.5 Å². The van der Waals surface area contributed by atoms with Crippen LogP contribution in [-0.2, 0) is 16.0 Å². The molecule has 1 aliphatic heterocycles. The van der Waals surface area contributed by atoms with Gasteiger partial charge in [0.2, 0.25) is 11.8 Å². The summed E-state index contributed by atoms with van der Waals surface area (Å²) < 4.78 is 0. The van der Waals surface area contributed by atoms with E-state index >= 15 is 0 Å². The minimum Gasteiger partial charge on any atom is -0.354 e. The predicted molar refractivity (Wildman–Crippen MR) is 166 cm³/mol. The van der Waals surface area contributed by atoms with Gasteiger partial charge in [0.15, 0.2) is 0 Å². The molecule has 212 valence electrons. The lowest BCUT2D eigenvalue weighted by atomic mass is 9.87. The van der Waals surface area contributed by atoms with Crippen molar-refractivity contribution >= 4 is 63.2 Å². The highest BCUT2D eigenvalue weighted by molar-refractivity contribution is 7.99. The van der Waals surface area contributed by atoms with Crippen LogP contribution in [0.3, 0.4) is 0 Å². The van der Waals surface area contributed by atoms with E-state index in [2.05, 4.69) is 21.3 Å². The first-order chi connectivity index (χ1) is 19.9. The summed E-state index contributed by atoms with van der Waals surface area (Å²) in [6.45, 7) is 1.79. The van der Waals surface area contributed by atoms with Gasteiger partial charge >= 0.3 is 0 Å². The molecular weight excluding hydrogens is 576 g/mol. The van der Waals surface area contributed by atoms with Crippen molar-refractivity contribution in [2.45, 2.75) is 34.6 Å². The lowest BCUT2D eigenvalue weighted by molar-refractivity contribution is -0.128. The van der Waals surface area contributed by atoms with Crippen LogP contribution in [0.25, 0.3) is 10.8 Å². The van der Waals surface area contributed by atoms with E-state index in [1.165, 1.54) is 23.1 Å². The van der Waals surface area contributed by atoms with E-state index in [1.54, 1.807) is 0 Å². The molecule has 1 aromatic heterocycles. The van der Waals surface area contributed by atoms with E-state index < -0.39 is 5.54 Å². The topological polar surface area (TPSA) is 99.3 Å². The fourth-order valence-corrected chi connectivity index (χ4v) is 6.97. The molecule has 4 aromatic rings. The van der Waals surface area contributed by atoms with Crippen molar-refractivity contribution in [3.63, 3.8) is 0 Å². The van der Waals surface area contributed by atoms with Gasteiger partial charge in [0.1, 0.15) is 5.54 Å². The summed E-state index contributed by atoms with van der Waals surface area (Å²) >= 11 is 8.94. The molecule has 0 aliphatic carbocycles. The molecule has 41 heavy (non-hydrogen) atoms. The molecule has 0 bridgehead atoms. The van der Waals surface area contributed by atoms with Gasteiger partial charge in [-0.25, -0.2) is 0 Å². The van der Waals surface area contributed by atoms with Crippen molar-refractivity contribution in [3.05, 3.63) is 93.6 Å². The number of piperidine rings is 1. The molecule has 0 saturated carbocycles. The van der Waals surface area contributed by atoms with Crippen LogP contribution in [0.15, 0.2) is 87.3 Å². The number of carbonyl (C=O) groups is 3. The molecule has 0 radical (unpaired) electrons. The highest BCUT2D eigenvalue weighted by Gasteiger charge is 2.41. The molecule has 4 N–H and O–H groups in total. The third-order valence-electron chi connectivity index (χ3n) is 7.12. The number of rotatable bonds is 10. The number of hydrogen-bond acceptors (Lipinski definition) is 6. The van der Waals surface area contributed by atoms with Crippen molar-refractivity contribution in [1.29, 1.82) is 0 Å². The zero-order valence-electron chi connectivity index (χ0n) is 22.4. The fraction of sp³-hybridized carbons (Fsp3) is 0.258. The Morgan fingerprint density at radius 2 is 1.63 bits per heavy atom. The molecule has 0 atom stereocenters. The first-order valence-electron chi connectivity index (χ1n) is 13.5. The number of benzene rings is 3. The first kappa shape index (κ1) is 29.1. The first-order valence-corrected chi connectivity index (χ1v) is 15.6. The van der Waals surface area contributed by atoms with Crippen LogP contribution >= 0.6 is 34.7 Å². The second-order valence-corrected chi connectivity index (χ2v) is 12.2. The summed E-state index contributed by atoms with van der Waals surface area (Å²) in [4.78, 5) is 41.3. The normalized spacial score (nSPS) is 14.4. The van der Waals surface area contributed by atoms with Crippen LogP contribution in [0, 0.1) is 0 Å². The van der Waals surface area contributed by atoms with Gasteiger partial charge in [-0.3, -0.25) is 14.4 Å². The number of hydrogen-bond donors (Lipinski definition) is 4. The molecule has 1 fully saturated rings. The molecule has 10 heteroatoms. The monoisotopic (exact) mass is 606 g/mol. The Kier molecular flexibility index (Phi) is 9.61. The molecule has 1 saturated heterocycles. The maximum Gasteiger partial charge on any atom is 0.254 e. The Labute approximate surface area is 252 Å². The lowest BCUT2D eigenvalue weighted by Gasteiger charge is -2.37. The largest absolute Gasteiger partial charge is 0.354 e. The second-order valence-electron chi connectivity index (χ2n) is 9.91. The minimum absolute atomic E-state index is 0.108. The van der Waals surface area contributed by atoms with Gasteiger partial charge in [-0.2, -0.15) is 11.3 Å². The average molecular weight is 607 g/mol. The Hall–Kier alpha value is -3.37. The maximum atomic E-state index is 13.4. The van der Waals surface area contributed by atoms with Crippen LogP contribution < -0.4 is 21.3 Å². The molecule has 0 spiro atoms. The van der Waals surface area contributed by atoms with Gasteiger partial charge in [0.25, 0.3) is 5.91 Å². The summed E-state index contributed by atoms with van der Waals surface area (Å²) in [5, 5.41) is 18.7. The Morgan fingerprint density at radius 1 is 0.902 bits per heavy atom. The molecule has 1 aliphatic rings. The number of fused-ring (bicyclic) bond motifs is 1. The zero-order chi connectivity index (χ0) is 28.7. The summed E-state index contributed by atoms with van der Waals surface area (Å²) in [6.07, 6.45) is 1.21. The molecule has 3 aromatic carbocycles. The maximum absolute atomic E-state index is 13.4. The highest BCUT2D eigenvalue weighted by Crippen LogP contribution is 2.34. The predicted octanol–water partition coefficient (Wildman–Crippen LogP) is 5.03. The molecule has 5 rings (SSSR count). The van der Waals surface area contributed by atoms with Crippen molar-refractivity contribution in [2.24, 2.45) is 0 Å². The lowest BCUT2D eigenvalue weighted by Crippen LogP contribution is -2.63. The smallest absolute Gasteiger partial charge is 0.254 e. The summed E-state index contributed by atoms with van der Waals surface area (Å²) in [7, 11) is 0. The minimum atomic E-state index is -1.03. The van der Waals surface area contributed by atoms with Gasteiger partial charge in [-0.1, -0.05) is 65.8 Å². The standard InChI is InChI=1S/C31H31ClN4O3S2/c32-23-8-10-24(11-9-23)41-27-20-40-19-26(27)29(38)36-31(12-14-33-15-13-31)30(39)35-17-16-34-28(37)18-22-6-3-5-21-4-1-2-7-25(21)22/h1-11,19-20,33H,12-18H2,(H,34,37)(H,35,39)(H,36,38). The summed E-state index contributed by atoms with van der Waals surface area (Å²) in [5.74, 6) is -0.621. The molecule has 2 heterocycles. The Bertz CT molecular complexity index is 1530. The molecule has 3 amide bonds. The van der Waals surface area contributed by atoms with E-state index in [-0.39, 0.29) is 30.7 Å². The summed E-state index contributed by atoms with van der Waals surface area (Å²) in [5.41, 5.74) is 0.476. The van der Waals surface area contributed by atoms with E-state index in [0.29, 0.717) is 43.1 Å². The second kappa shape index (κ2) is 13.5.